The number of nitrogens with one attached hydrogen (secondary N) is 1. The van der Waals surface area contributed by atoms with Gasteiger partial charge in [0.1, 0.15) is 5.75 Å². The van der Waals surface area contributed by atoms with E-state index in [2.05, 4.69) is 33.3 Å². The number of carbonyl (C=O) groups excluding carboxylic acids is 1. The summed E-state index contributed by atoms with van der Waals surface area (Å²) in [5, 5.41) is 5.32. The average Bonchev–Trinajstić information content (AvgIpc) is 2.83. The molecule has 1 aliphatic rings. The van der Waals surface area contributed by atoms with Crippen molar-refractivity contribution in [2.45, 2.75) is 12.8 Å². The van der Waals surface area contributed by atoms with Gasteiger partial charge >= 0.3 is 0 Å². The molecular weight excluding hydrogens is 457 g/mol. The number of amides is 1. The molecular formula is C26H33Cl2N3O2. The molecule has 0 saturated carbocycles. The van der Waals surface area contributed by atoms with Crippen LogP contribution in [0, 0.1) is 0 Å². The fraction of sp³-hybridized carbons (Fsp3) is 0.346. The average molecular weight is 490 g/mol. The predicted octanol–water partition coefficient (Wildman–Crippen LogP) is 5.02. The van der Waals surface area contributed by atoms with E-state index >= 15 is 0 Å². The van der Waals surface area contributed by atoms with Crippen molar-refractivity contribution < 1.29 is 9.53 Å². The molecule has 178 valence electrons. The van der Waals surface area contributed by atoms with E-state index in [-0.39, 0.29) is 30.7 Å². The first-order valence-electron chi connectivity index (χ1n) is 11.1. The van der Waals surface area contributed by atoms with Crippen LogP contribution in [0.2, 0.25) is 0 Å². The summed E-state index contributed by atoms with van der Waals surface area (Å²) in [5.41, 5.74) is 1.91. The molecule has 7 heteroatoms. The maximum absolute atomic E-state index is 12.4. The standard InChI is InChI=1S/C26H31N3O2.2ClH/c1-31-25-11-5-4-10-24(25)29-18-16-28(17-19-29)15-7-6-14-27-26(30)23-13-12-21-8-2-3-9-22(21)20-23;;/h2-5,8-13,20H,6-7,14-19H2,1H3,(H,27,30);2*1H. The first kappa shape index (κ1) is 26.8. The van der Waals surface area contributed by atoms with Gasteiger partial charge in [-0.05, 0) is 54.4 Å². The van der Waals surface area contributed by atoms with Crippen molar-refractivity contribution in [3.63, 3.8) is 0 Å². The third-order valence-corrected chi connectivity index (χ3v) is 6.00. The number of hydrogen-bond donors (Lipinski definition) is 1. The fourth-order valence-corrected chi connectivity index (χ4v) is 4.20. The number of ether oxygens (including phenoxy) is 1. The first-order valence-corrected chi connectivity index (χ1v) is 11.1. The van der Waals surface area contributed by atoms with Gasteiger partial charge in [-0.3, -0.25) is 9.69 Å². The maximum Gasteiger partial charge on any atom is 0.251 e. The molecule has 3 aromatic rings. The molecule has 0 atom stereocenters. The number of piperazine rings is 1. The number of unbranched alkanes of at least 4 members (excludes halogenated alkanes) is 1. The molecule has 0 aromatic heterocycles. The van der Waals surface area contributed by atoms with Crippen LogP contribution in [0.5, 0.6) is 5.75 Å². The van der Waals surface area contributed by atoms with Crippen LogP contribution in [0.25, 0.3) is 10.8 Å². The number of halogens is 2. The molecule has 1 heterocycles. The Morgan fingerprint density at radius 3 is 2.33 bits per heavy atom. The van der Waals surface area contributed by atoms with Crippen LogP contribution in [-0.2, 0) is 0 Å². The minimum Gasteiger partial charge on any atom is -0.495 e. The van der Waals surface area contributed by atoms with Gasteiger partial charge in [-0.2, -0.15) is 0 Å². The van der Waals surface area contributed by atoms with Gasteiger partial charge in [-0.15, -0.1) is 24.8 Å². The van der Waals surface area contributed by atoms with E-state index in [9.17, 15) is 4.79 Å². The monoisotopic (exact) mass is 489 g/mol. The van der Waals surface area contributed by atoms with Crippen molar-refractivity contribution >= 4 is 47.2 Å². The molecule has 1 amide bonds. The number of nitrogens with zero attached hydrogens (tertiary/aromatic N) is 2. The lowest BCUT2D eigenvalue weighted by molar-refractivity contribution is 0.0952. The van der Waals surface area contributed by atoms with Crippen LogP contribution in [0.15, 0.2) is 66.7 Å². The second kappa shape index (κ2) is 13.3. The minimum atomic E-state index is 0. The zero-order chi connectivity index (χ0) is 21.5. The van der Waals surface area contributed by atoms with Crippen LogP contribution in [0.4, 0.5) is 5.69 Å². The molecule has 0 radical (unpaired) electrons. The Balaban J connectivity index is 0.00000193. The van der Waals surface area contributed by atoms with Crippen LogP contribution >= 0.6 is 24.8 Å². The Kier molecular flexibility index (Phi) is 10.8. The van der Waals surface area contributed by atoms with Crippen LogP contribution in [-0.4, -0.2) is 57.2 Å². The normalized spacial score (nSPS) is 13.7. The van der Waals surface area contributed by atoms with Gasteiger partial charge in [0.05, 0.1) is 12.8 Å². The molecule has 3 aromatic carbocycles. The molecule has 1 aliphatic heterocycles. The molecule has 33 heavy (non-hydrogen) atoms. The summed E-state index contributed by atoms with van der Waals surface area (Å²) in [5.74, 6) is 0.953. The van der Waals surface area contributed by atoms with E-state index in [1.165, 1.54) is 5.69 Å². The van der Waals surface area contributed by atoms with E-state index < -0.39 is 0 Å². The van der Waals surface area contributed by atoms with Crippen LogP contribution in [0.1, 0.15) is 23.2 Å². The van der Waals surface area contributed by atoms with E-state index in [0.29, 0.717) is 6.54 Å². The zero-order valence-corrected chi connectivity index (χ0v) is 20.7. The van der Waals surface area contributed by atoms with Gasteiger partial charge in [-0.1, -0.05) is 42.5 Å². The molecule has 0 unspecified atom stereocenters. The Bertz CT molecular complexity index is 1020. The molecule has 1 N–H and O–H groups in total. The van der Waals surface area contributed by atoms with E-state index in [1.54, 1.807) is 7.11 Å². The van der Waals surface area contributed by atoms with E-state index in [1.807, 2.05) is 48.5 Å². The van der Waals surface area contributed by atoms with Crippen molar-refractivity contribution in [2.24, 2.45) is 0 Å². The summed E-state index contributed by atoms with van der Waals surface area (Å²) in [4.78, 5) is 17.4. The summed E-state index contributed by atoms with van der Waals surface area (Å²) in [6.07, 6.45) is 2.08. The lowest BCUT2D eigenvalue weighted by atomic mass is 10.1. The van der Waals surface area contributed by atoms with Crippen molar-refractivity contribution in [1.82, 2.24) is 10.2 Å². The zero-order valence-electron chi connectivity index (χ0n) is 19.0. The first-order chi connectivity index (χ1) is 15.2. The summed E-state index contributed by atoms with van der Waals surface area (Å²) in [6, 6.07) is 22.2. The summed E-state index contributed by atoms with van der Waals surface area (Å²) in [6.45, 7) is 5.93. The fourth-order valence-electron chi connectivity index (χ4n) is 4.20. The van der Waals surface area contributed by atoms with Crippen molar-refractivity contribution in [3.8, 4) is 5.75 Å². The Morgan fingerprint density at radius 2 is 1.58 bits per heavy atom. The van der Waals surface area contributed by atoms with Gasteiger partial charge in [0.25, 0.3) is 5.91 Å². The van der Waals surface area contributed by atoms with Gasteiger partial charge in [0, 0.05) is 38.3 Å². The largest absolute Gasteiger partial charge is 0.495 e. The highest BCUT2D eigenvalue weighted by atomic mass is 35.5. The number of fused-ring (bicyclic) bond motifs is 1. The van der Waals surface area contributed by atoms with Crippen molar-refractivity contribution in [3.05, 3.63) is 72.3 Å². The molecule has 1 fully saturated rings. The highest BCUT2D eigenvalue weighted by Gasteiger charge is 2.19. The van der Waals surface area contributed by atoms with Gasteiger partial charge < -0.3 is 15.0 Å². The minimum absolute atomic E-state index is 0. The molecule has 0 aliphatic carbocycles. The van der Waals surface area contributed by atoms with Crippen molar-refractivity contribution in [1.29, 1.82) is 0 Å². The summed E-state index contributed by atoms with van der Waals surface area (Å²) >= 11 is 0. The highest BCUT2D eigenvalue weighted by molar-refractivity contribution is 5.98. The number of rotatable bonds is 8. The van der Waals surface area contributed by atoms with Crippen LogP contribution < -0.4 is 15.0 Å². The Hall–Kier alpha value is -2.47. The van der Waals surface area contributed by atoms with E-state index in [4.69, 9.17) is 4.74 Å². The van der Waals surface area contributed by atoms with Gasteiger partial charge in [0.15, 0.2) is 0 Å². The molecule has 0 spiro atoms. The molecule has 4 rings (SSSR count). The number of benzene rings is 3. The molecule has 1 saturated heterocycles. The third-order valence-electron chi connectivity index (χ3n) is 6.00. The predicted molar refractivity (Wildman–Crippen MR) is 142 cm³/mol. The third kappa shape index (κ3) is 7.00. The molecule has 5 nitrogen and oxygen atoms in total. The van der Waals surface area contributed by atoms with Gasteiger partial charge in [0.2, 0.25) is 0 Å². The molecule has 0 bridgehead atoms. The lowest BCUT2D eigenvalue weighted by Gasteiger charge is -2.36. The number of hydrogen-bond acceptors (Lipinski definition) is 4. The van der Waals surface area contributed by atoms with Gasteiger partial charge in [-0.25, -0.2) is 0 Å². The lowest BCUT2D eigenvalue weighted by Crippen LogP contribution is -2.46. The Morgan fingerprint density at radius 1 is 0.879 bits per heavy atom. The van der Waals surface area contributed by atoms with E-state index in [0.717, 1.165) is 67.7 Å². The quantitative estimate of drug-likeness (QED) is 0.451. The number of methoxy groups -OCH3 is 1. The van der Waals surface area contributed by atoms with Crippen LogP contribution in [0.3, 0.4) is 0 Å². The van der Waals surface area contributed by atoms with Crippen molar-refractivity contribution in [2.75, 3.05) is 51.3 Å². The topological polar surface area (TPSA) is 44.8 Å². The number of para-hydroxylation sites is 2. The summed E-state index contributed by atoms with van der Waals surface area (Å²) < 4.78 is 5.50. The second-order valence-corrected chi connectivity index (χ2v) is 8.03. The number of carbonyl (C=O) groups is 1. The second-order valence-electron chi connectivity index (χ2n) is 8.03. The number of anilines is 1. The summed E-state index contributed by atoms with van der Waals surface area (Å²) in [7, 11) is 1.73. The maximum atomic E-state index is 12.4. The SMILES string of the molecule is COc1ccccc1N1CCN(CCCCNC(=O)c2ccc3ccccc3c2)CC1.Cl.Cl. The Labute approximate surface area is 208 Å². The highest BCUT2D eigenvalue weighted by Crippen LogP contribution is 2.28. The smallest absolute Gasteiger partial charge is 0.251 e.